The Morgan fingerprint density at radius 3 is 2.33 bits per heavy atom. The summed E-state index contributed by atoms with van der Waals surface area (Å²) in [5, 5.41) is 0. The molecule has 0 bridgehead atoms. The lowest BCUT2D eigenvalue weighted by atomic mass is 10.0. The number of ketones is 2. The molecule has 0 radical (unpaired) electrons. The van der Waals surface area contributed by atoms with Crippen molar-refractivity contribution in [1.29, 1.82) is 0 Å². The summed E-state index contributed by atoms with van der Waals surface area (Å²) in [6.07, 6.45) is 1.34. The van der Waals surface area contributed by atoms with Crippen LogP contribution in [0.15, 0.2) is 24.3 Å². The van der Waals surface area contributed by atoms with Gasteiger partial charge < -0.3 is 0 Å². The molecule has 0 N–H and O–H groups in total. The molecule has 2 nitrogen and oxygen atoms in total. The van der Waals surface area contributed by atoms with Crippen LogP contribution in [0.5, 0.6) is 0 Å². The fourth-order valence-electron chi connectivity index (χ4n) is 1.28. The van der Waals surface area contributed by atoms with Gasteiger partial charge in [0.2, 0.25) is 0 Å². The number of benzene rings is 1. The summed E-state index contributed by atoms with van der Waals surface area (Å²) >= 11 is 2.18. The number of hydrogen-bond donors (Lipinski definition) is 0. The van der Waals surface area contributed by atoms with Crippen molar-refractivity contribution in [2.75, 3.05) is 0 Å². The molecular formula is C12H13IO2. The zero-order valence-corrected chi connectivity index (χ0v) is 10.8. The van der Waals surface area contributed by atoms with E-state index in [9.17, 15) is 9.59 Å². The quantitative estimate of drug-likeness (QED) is 0.475. The third-order valence-electron chi connectivity index (χ3n) is 2.05. The van der Waals surface area contributed by atoms with E-state index in [0.29, 0.717) is 12.0 Å². The molecule has 0 aliphatic rings. The maximum absolute atomic E-state index is 11.6. The number of hydrogen-bond acceptors (Lipinski definition) is 2. The molecule has 15 heavy (non-hydrogen) atoms. The van der Waals surface area contributed by atoms with Gasteiger partial charge >= 0.3 is 0 Å². The Morgan fingerprint density at radius 2 is 1.80 bits per heavy atom. The van der Waals surface area contributed by atoms with Crippen molar-refractivity contribution >= 4 is 34.2 Å². The molecule has 1 aromatic carbocycles. The Morgan fingerprint density at radius 1 is 1.20 bits per heavy atom. The van der Waals surface area contributed by atoms with Crippen LogP contribution in [0.1, 0.15) is 36.5 Å². The molecule has 0 saturated heterocycles. The first-order chi connectivity index (χ1) is 7.13. The van der Waals surface area contributed by atoms with Gasteiger partial charge in [0.05, 0.1) is 6.42 Å². The van der Waals surface area contributed by atoms with Gasteiger partial charge in [-0.15, -0.1) is 0 Å². The minimum atomic E-state index is -0.0788. The molecule has 0 unspecified atom stereocenters. The molecule has 0 fully saturated rings. The van der Waals surface area contributed by atoms with E-state index in [2.05, 4.69) is 22.6 Å². The van der Waals surface area contributed by atoms with E-state index in [-0.39, 0.29) is 18.0 Å². The van der Waals surface area contributed by atoms with Crippen LogP contribution in [0.2, 0.25) is 0 Å². The molecule has 0 aliphatic carbocycles. The first-order valence-electron chi connectivity index (χ1n) is 4.94. The van der Waals surface area contributed by atoms with Gasteiger partial charge in [-0.2, -0.15) is 0 Å². The predicted molar refractivity (Wildman–Crippen MR) is 68.0 cm³/mol. The molecule has 3 heteroatoms. The van der Waals surface area contributed by atoms with E-state index < -0.39 is 0 Å². The SMILES string of the molecule is CCCC(=O)CC(=O)c1ccc(I)cc1. The largest absolute Gasteiger partial charge is 0.299 e. The molecular weight excluding hydrogens is 303 g/mol. The second kappa shape index (κ2) is 6.00. The van der Waals surface area contributed by atoms with Gasteiger partial charge in [-0.3, -0.25) is 9.59 Å². The molecule has 0 atom stereocenters. The summed E-state index contributed by atoms with van der Waals surface area (Å²) in [5.74, 6) is -0.0501. The van der Waals surface area contributed by atoms with Gasteiger partial charge in [-0.05, 0) is 41.1 Å². The van der Waals surface area contributed by atoms with E-state index in [1.54, 1.807) is 12.1 Å². The van der Waals surface area contributed by atoms with E-state index >= 15 is 0 Å². The zero-order valence-electron chi connectivity index (χ0n) is 8.63. The lowest BCUT2D eigenvalue weighted by Gasteiger charge is -2.00. The van der Waals surface area contributed by atoms with Gasteiger partial charge in [0.15, 0.2) is 5.78 Å². The van der Waals surface area contributed by atoms with Crippen molar-refractivity contribution in [1.82, 2.24) is 0 Å². The van der Waals surface area contributed by atoms with Gasteiger partial charge in [0.25, 0.3) is 0 Å². The van der Waals surface area contributed by atoms with Gasteiger partial charge in [-0.1, -0.05) is 19.1 Å². The van der Waals surface area contributed by atoms with Crippen LogP contribution in [-0.2, 0) is 4.79 Å². The number of carbonyl (C=O) groups is 2. The Kier molecular flexibility index (Phi) is 4.94. The minimum Gasteiger partial charge on any atom is -0.299 e. The molecule has 0 heterocycles. The lowest BCUT2D eigenvalue weighted by Crippen LogP contribution is -2.07. The highest BCUT2D eigenvalue weighted by molar-refractivity contribution is 14.1. The second-order valence-corrected chi connectivity index (χ2v) is 4.64. The summed E-state index contributed by atoms with van der Waals surface area (Å²) < 4.78 is 1.09. The Labute approximate surface area is 103 Å². The number of halogens is 1. The monoisotopic (exact) mass is 316 g/mol. The van der Waals surface area contributed by atoms with Crippen LogP contribution in [-0.4, -0.2) is 11.6 Å². The first kappa shape index (κ1) is 12.4. The number of Topliss-reactive ketones (excluding diaryl/α,β-unsaturated/α-hetero) is 2. The van der Waals surface area contributed by atoms with Crippen molar-refractivity contribution in [2.45, 2.75) is 26.2 Å². The zero-order chi connectivity index (χ0) is 11.3. The van der Waals surface area contributed by atoms with Crippen LogP contribution in [0.4, 0.5) is 0 Å². The van der Waals surface area contributed by atoms with Gasteiger partial charge in [0, 0.05) is 15.6 Å². The molecule has 1 rings (SSSR count). The van der Waals surface area contributed by atoms with Crippen molar-refractivity contribution < 1.29 is 9.59 Å². The smallest absolute Gasteiger partial charge is 0.170 e. The molecule has 0 saturated carbocycles. The highest BCUT2D eigenvalue weighted by atomic mass is 127. The first-order valence-corrected chi connectivity index (χ1v) is 6.02. The van der Waals surface area contributed by atoms with Crippen LogP contribution in [0, 0.1) is 3.57 Å². The normalized spacial score (nSPS) is 10.0. The van der Waals surface area contributed by atoms with E-state index in [0.717, 1.165) is 9.99 Å². The van der Waals surface area contributed by atoms with E-state index in [1.807, 2.05) is 19.1 Å². The maximum Gasteiger partial charge on any atom is 0.170 e. The molecule has 80 valence electrons. The van der Waals surface area contributed by atoms with Crippen LogP contribution < -0.4 is 0 Å². The highest BCUT2D eigenvalue weighted by Gasteiger charge is 2.10. The van der Waals surface area contributed by atoms with Gasteiger partial charge in [-0.25, -0.2) is 0 Å². The summed E-state index contributed by atoms with van der Waals surface area (Å²) in [6, 6.07) is 7.28. The molecule has 0 amide bonds. The van der Waals surface area contributed by atoms with Crippen LogP contribution in [0.3, 0.4) is 0 Å². The van der Waals surface area contributed by atoms with Crippen LogP contribution >= 0.6 is 22.6 Å². The molecule has 0 aromatic heterocycles. The highest BCUT2D eigenvalue weighted by Crippen LogP contribution is 2.09. The summed E-state index contributed by atoms with van der Waals surface area (Å²) in [4.78, 5) is 22.9. The third kappa shape index (κ3) is 4.11. The maximum atomic E-state index is 11.6. The van der Waals surface area contributed by atoms with Crippen molar-refractivity contribution in [3.63, 3.8) is 0 Å². The van der Waals surface area contributed by atoms with Crippen molar-refractivity contribution in [3.05, 3.63) is 33.4 Å². The summed E-state index contributed by atoms with van der Waals surface area (Å²) in [6.45, 7) is 1.94. The fourth-order valence-corrected chi connectivity index (χ4v) is 1.64. The average Bonchev–Trinajstić information content (AvgIpc) is 2.18. The van der Waals surface area contributed by atoms with Gasteiger partial charge in [0.1, 0.15) is 5.78 Å². The Bertz CT molecular complexity index is 354. The Balaban J connectivity index is 2.61. The minimum absolute atomic E-state index is 0.0288. The molecule has 0 aliphatic heterocycles. The third-order valence-corrected chi connectivity index (χ3v) is 2.77. The number of carbonyl (C=O) groups excluding carboxylic acids is 2. The second-order valence-electron chi connectivity index (χ2n) is 3.40. The molecule has 1 aromatic rings. The molecule has 0 spiro atoms. The predicted octanol–water partition coefficient (Wildman–Crippen LogP) is 3.23. The summed E-state index contributed by atoms with van der Waals surface area (Å²) in [7, 11) is 0. The standard InChI is InChI=1S/C12H13IO2/c1-2-3-11(14)8-12(15)9-4-6-10(13)7-5-9/h4-7H,2-3,8H2,1H3. The van der Waals surface area contributed by atoms with Crippen molar-refractivity contribution in [3.8, 4) is 0 Å². The topological polar surface area (TPSA) is 34.1 Å². The Hall–Kier alpha value is -0.710. The number of rotatable bonds is 5. The average molecular weight is 316 g/mol. The van der Waals surface area contributed by atoms with Crippen LogP contribution in [0.25, 0.3) is 0 Å². The van der Waals surface area contributed by atoms with E-state index in [4.69, 9.17) is 0 Å². The fraction of sp³-hybridized carbons (Fsp3) is 0.333. The van der Waals surface area contributed by atoms with Crippen molar-refractivity contribution in [2.24, 2.45) is 0 Å². The lowest BCUT2D eigenvalue weighted by molar-refractivity contribution is -0.118. The summed E-state index contributed by atoms with van der Waals surface area (Å²) in [5.41, 5.74) is 0.625. The van der Waals surface area contributed by atoms with E-state index in [1.165, 1.54) is 0 Å².